The van der Waals surface area contributed by atoms with Gasteiger partial charge in [-0.1, -0.05) is 12.1 Å². The van der Waals surface area contributed by atoms with Crippen LogP contribution in [0.4, 0.5) is 13.2 Å². The number of hydrogen-bond donors (Lipinski definition) is 2. The minimum absolute atomic E-state index is 0.120. The average Bonchev–Trinajstić information content (AvgIpc) is 3.06. The third-order valence-electron chi connectivity index (χ3n) is 4.24. The summed E-state index contributed by atoms with van der Waals surface area (Å²) in [6, 6.07) is 10.9. The van der Waals surface area contributed by atoms with Gasteiger partial charge in [-0.15, -0.1) is 13.2 Å². The highest BCUT2D eigenvalue weighted by Crippen LogP contribution is 2.30. The zero-order valence-corrected chi connectivity index (χ0v) is 13.9. The zero-order valence-electron chi connectivity index (χ0n) is 13.9. The number of alkyl halides is 3. The molecule has 1 aliphatic rings. The van der Waals surface area contributed by atoms with E-state index < -0.39 is 6.36 Å². The Labute approximate surface area is 152 Å². The van der Waals surface area contributed by atoms with Crippen LogP contribution in [0, 0.1) is 0 Å². The number of halogens is 3. The summed E-state index contributed by atoms with van der Waals surface area (Å²) in [5.41, 5.74) is 4.00. The first-order valence-corrected chi connectivity index (χ1v) is 8.22. The van der Waals surface area contributed by atoms with Gasteiger partial charge in [-0.25, -0.2) is 0 Å². The van der Waals surface area contributed by atoms with E-state index in [4.69, 9.17) is 0 Å². The van der Waals surface area contributed by atoms with Crippen LogP contribution in [0.25, 0.3) is 22.5 Å². The number of amides is 1. The third kappa shape index (κ3) is 3.64. The van der Waals surface area contributed by atoms with Crippen molar-refractivity contribution < 1.29 is 22.7 Å². The van der Waals surface area contributed by atoms with Gasteiger partial charge in [0.05, 0.1) is 11.3 Å². The van der Waals surface area contributed by atoms with Crippen LogP contribution in [0.15, 0.2) is 48.7 Å². The van der Waals surface area contributed by atoms with Crippen molar-refractivity contribution in [2.24, 2.45) is 0 Å². The van der Waals surface area contributed by atoms with E-state index >= 15 is 0 Å². The number of carbonyl (C=O) groups is 1. The number of hydrogen-bond acceptors (Lipinski definition) is 3. The maximum atomic E-state index is 12.4. The normalized spacial score (nSPS) is 13.8. The molecule has 0 radical (unpaired) electrons. The molecule has 0 saturated heterocycles. The predicted molar refractivity (Wildman–Crippen MR) is 92.2 cm³/mol. The molecule has 1 aromatic carbocycles. The zero-order chi connectivity index (χ0) is 19.0. The van der Waals surface area contributed by atoms with Crippen molar-refractivity contribution in [3.63, 3.8) is 0 Å². The molecule has 0 bridgehead atoms. The van der Waals surface area contributed by atoms with Gasteiger partial charge in [-0.3, -0.25) is 9.78 Å². The average molecular weight is 373 g/mol. The number of nitrogens with zero attached hydrogens (tertiary/aromatic N) is 1. The number of benzene rings is 1. The lowest BCUT2D eigenvalue weighted by Gasteiger charge is -2.11. The van der Waals surface area contributed by atoms with Gasteiger partial charge in [0.1, 0.15) is 5.75 Å². The minimum Gasteiger partial charge on any atom is -0.406 e. The standard InChI is InChI=1S/C19H14F3N3O2/c20-19(21,22)27-13-3-1-2-11(8-13)16-9-12(4-6-23-16)17-10-14-15(25-17)5-7-24-18(14)26/h1-4,6,8-10,25H,5,7H2,(H,24,26). The molecule has 138 valence electrons. The molecule has 0 atom stereocenters. The molecule has 1 amide bonds. The fourth-order valence-corrected chi connectivity index (χ4v) is 3.06. The van der Waals surface area contributed by atoms with Crippen LogP contribution in [0.3, 0.4) is 0 Å². The Bertz CT molecular complexity index is 1010. The van der Waals surface area contributed by atoms with E-state index in [0.717, 1.165) is 23.4 Å². The smallest absolute Gasteiger partial charge is 0.406 e. The Kier molecular flexibility index (Phi) is 4.10. The van der Waals surface area contributed by atoms with Gasteiger partial charge >= 0.3 is 6.36 Å². The summed E-state index contributed by atoms with van der Waals surface area (Å²) in [6.07, 6.45) is -2.46. The van der Waals surface area contributed by atoms with Crippen molar-refractivity contribution in [2.45, 2.75) is 12.8 Å². The first kappa shape index (κ1) is 17.1. The van der Waals surface area contributed by atoms with Crippen molar-refractivity contribution in [1.82, 2.24) is 15.3 Å². The highest BCUT2D eigenvalue weighted by molar-refractivity contribution is 5.97. The lowest BCUT2D eigenvalue weighted by atomic mass is 10.1. The second-order valence-electron chi connectivity index (χ2n) is 6.09. The molecule has 8 heteroatoms. The van der Waals surface area contributed by atoms with Gasteiger partial charge in [0.2, 0.25) is 0 Å². The Morgan fingerprint density at radius 2 is 1.93 bits per heavy atom. The Morgan fingerprint density at radius 1 is 1.07 bits per heavy atom. The van der Waals surface area contributed by atoms with Crippen molar-refractivity contribution in [1.29, 1.82) is 0 Å². The molecule has 2 aromatic heterocycles. The van der Waals surface area contributed by atoms with Crippen LogP contribution in [0.2, 0.25) is 0 Å². The highest BCUT2D eigenvalue weighted by atomic mass is 19.4. The Balaban J connectivity index is 1.68. The van der Waals surface area contributed by atoms with Crippen molar-refractivity contribution in [3.8, 4) is 28.3 Å². The number of carbonyl (C=O) groups excluding carboxylic acids is 1. The number of H-pyrrole nitrogens is 1. The number of ether oxygens (including phenoxy) is 1. The molecule has 2 N–H and O–H groups in total. The van der Waals surface area contributed by atoms with E-state index in [9.17, 15) is 18.0 Å². The second kappa shape index (κ2) is 6.46. The van der Waals surface area contributed by atoms with E-state index in [1.807, 2.05) is 0 Å². The van der Waals surface area contributed by atoms with Crippen LogP contribution >= 0.6 is 0 Å². The molecule has 0 unspecified atom stereocenters. The number of fused-ring (bicyclic) bond motifs is 1. The lowest BCUT2D eigenvalue weighted by molar-refractivity contribution is -0.274. The lowest BCUT2D eigenvalue weighted by Crippen LogP contribution is -2.31. The maximum Gasteiger partial charge on any atom is 0.573 e. The molecule has 0 spiro atoms. The van der Waals surface area contributed by atoms with Crippen LogP contribution in [0.1, 0.15) is 16.1 Å². The van der Waals surface area contributed by atoms with E-state index in [2.05, 4.69) is 20.0 Å². The SMILES string of the molecule is O=C1NCCc2[nH]c(-c3ccnc(-c4cccc(OC(F)(F)F)c4)c3)cc21. The topological polar surface area (TPSA) is 67.0 Å². The van der Waals surface area contributed by atoms with Gasteiger partial charge in [0, 0.05) is 41.7 Å². The Hall–Kier alpha value is -3.29. The van der Waals surface area contributed by atoms with E-state index in [1.165, 1.54) is 18.2 Å². The summed E-state index contributed by atoms with van der Waals surface area (Å²) >= 11 is 0. The van der Waals surface area contributed by atoms with Crippen molar-refractivity contribution in [2.75, 3.05) is 6.54 Å². The number of rotatable bonds is 3. The summed E-state index contributed by atoms with van der Waals surface area (Å²) < 4.78 is 41.3. The van der Waals surface area contributed by atoms with Crippen molar-refractivity contribution >= 4 is 5.91 Å². The third-order valence-corrected chi connectivity index (χ3v) is 4.24. The number of pyridine rings is 1. The van der Waals surface area contributed by atoms with Crippen LogP contribution in [-0.2, 0) is 6.42 Å². The number of nitrogens with one attached hydrogen (secondary N) is 2. The largest absolute Gasteiger partial charge is 0.573 e. The summed E-state index contributed by atoms with van der Waals surface area (Å²) in [5.74, 6) is -0.427. The second-order valence-corrected chi connectivity index (χ2v) is 6.09. The van der Waals surface area contributed by atoms with Gasteiger partial charge in [0.25, 0.3) is 5.91 Å². The molecule has 0 aliphatic carbocycles. The van der Waals surface area contributed by atoms with E-state index in [-0.39, 0.29) is 11.7 Å². The molecule has 1 aliphatic heterocycles. The van der Waals surface area contributed by atoms with Gasteiger partial charge in [0.15, 0.2) is 0 Å². The van der Waals surface area contributed by atoms with Crippen LogP contribution in [-0.4, -0.2) is 28.8 Å². The number of aromatic amines is 1. The maximum absolute atomic E-state index is 12.4. The highest BCUT2D eigenvalue weighted by Gasteiger charge is 2.31. The molecule has 5 nitrogen and oxygen atoms in total. The van der Waals surface area contributed by atoms with E-state index in [0.29, 0.717) is 23.4 Å². The monoisotopic (exact) mass is 373 g/mol. The molecule has 4 rings (SSSR count). The van der Waals surface area contributed by atoms with Crippen LogP contribution < -0.4 is 10.1 Å². The summed E-state index contributed by atoms with van der Waals surface area (Å²) in [6.45, 7) is 0.583. The van der Waals surface area contributed by atoms with Gasteiger partial charge in [-0.2, -0.15) is 0 Å². The molecule has 27 heavy (non-hydrogen) atoms. The summed E-state index contributed by atoms with van der Waals surface area (Å²) in [5, 5.41) is 2.79. The Morgan fingerprint density at radius 3 is 2.70 bits per heavy atom. The summed E-state index contributed by atoms with van der Waals surface area (Å²) in [7, 11) is 0. The molecular weight excluding hydrogens is 359 g/mol. The minimum atomic E-state index is -4.75. The fraction of sp³-hybridized carbons (Fsp3) is 0.158. The van der Waals surface area contributed by atoms with Gasteiger partial charge in [-0.05, 0) is 30.3 Å². The first-order chi connectivity index (χ1) is 12.9. The number of aromatic nitrogens is 2. The molecule has 3 heterocycles. The fourth-order valence-electron chi connectivity index (χ4n) is 3.06. The molecule has 3 aromatic rings. The van der Waals surface area contributed by atoms with Gasteiger partial charge < -0.3 is 15.0 Å². The van der Waals surface area contributed by atoms with Crippen molar-refractivity contribution in [3.05, 3.63) is 59.9 Å². The molecule has 0 fully saturated rings. The predicted octanol–water partition coefficient (Wildman–Crippen LogP) is 3.93. The summed E-state index contributed by atoms with van der Waals surface area (Å²) in [4.78, 5) is 19.4. The first-order valence-electron chi connectivity index (χ1n) is 8.22. The molecular formula is C19H14F3N3O2. The molecule has 0 saturated carbocycles. The quantitative estimate of drug-likeness (QED) is 0.731. The van der Waals surface area contributed by atoms with E-state index in [1.54, 1.807) is 30.5 Å². The van der Waals surface area contributed by atoms with Crippen LogP contribution in [0.5, 0.6) is 5.75 Å².